The molecule has 4 atom stereocenters. The van der Waals surface area contributed by atoms with Gasteiger partial charge in [0.15, 0.2) is 5.78 Å². The standard InChI is InChI=1S/C21H31N3O2/c1-12-19-17(6-5-7-18(19)25)22-20(12)21(26)24(4)16-10-13-8-15(23(2)3)9-14(13)11-16/h13-16,22H,5-11H2,1-4H3/t13-,14+,15?,16?. The maximum Gasteiger partial charge on any atom is 0.270 e. The summed E-state index contributed by atoms with van der Waals surface area (Å²) >= 11 is 0. The smallest absolute Gasteiger partial charge is 0.270 e. The van der Waals surface area contributed by atoms with Crippen molar-refractivity contribution in [2.75, 3.05) is 21.1 Å². The number of carbonyl (C=O) groups is 2. The second-order valence-electron chi connectivity index (χ2n) is 8.91. The summed E-state index contributed by atoms with van der Waals surface area (Å²) in [4.78, 5) is 33.0. The molecule has 0 aliphatic heterocycles. The molecule has 1 heterocycles. The Balaban J connectivity index is 1.48. The maximum atomic E-state index is 13.1. The number of aromatic amines is 1. The number of Topliss-reactive ketones (excluding diaryl/α,β-unsaturated/α-hetero) is 1. The number of aromatic nitrogens is 1. The van der Waals surface area contributed by atoms with Crippen molar-refractivity contribution in [1.29, 1.82) is 0 Å². The van der Waals surface area contributed by atoms with Gasteiger partial charge in [0, 0.05) is 36.8 Å². The third kappa shape index (κ3) is 2.81. The van der Waals surface area contributed by atoms with Crippen LogP contribution in [-0.2, 0) is 6.42 Å². The minimum atomic E-state index is 0.0545. The number of hydrogen-bond donors (Lipinski definition) is 1. The molecule has 2 unspecified atom stereocenters. The largest absolute Gasteiger partial charge is 0.354 e. The van der Waals surface area contributed by atoms with Crippen LogP contribution in [0.1, 0.15) is 70.6 Å². The van der Waals surface area contributed by atoms with Gasteiger partial charge in [0.05, 0.1) is 0 Å². The van der Waals surface area contributed by atoms with Crippen LogP contribution in [0.4, 0.5) is 0 Å². The topological polar surface area (TPSA) is 56.4 Å². The highest BCUT2D eigenvalue weighted by atomic mass is 16.2. The molecule has 2 fully saturated rings. The van der Waals surface area contributed by atoms with Crippen LogP contribution < -0.4 is 0 Å². The summed E-state index contributed by atoms with van der Waals surface area (Å²) in [6.07, 6.45) is 7.13. The molecule has 26 heavy (non-hydrogen) atoms. The van der Waals surface area contributed by atoms with Crippen LogP contribution >= 0.6 is 0 Å². The molecule has 2 saturated carbocycles. The van der Waals surface area contributed by atoms with Gasteiger partial charge in [0.2, 0.25) is 0 Å². The van der Waals surface area contributed by atoms with E-state index in [1.54, 1.807) is 0 Å². The van der Waals surface area contributed by atoms with Gasteiger partial charge >= 0.3 is 0 Å². The van der Waals surface area contributed by atoms with E-state index in [1.807, 2.05) is 18.9 Å². The second kappa shape index (κ2) is 6.52. The Hall–Kier alpha value is -1.62. The monoisotopic (exact) mass is 357 g/mol. The van der Waals surface area contributed by atoms with E-state index in [9.17, 15) is 9.59 Å². The van der Waals surface area contributed by atoms with Gasteiger partial charge in [-0.3, -0.25) is 9.59 Å². The molecule has 3 aliphatic carbocycles. The van der Waals surface area contributed by atoms with Gasteiger partial charge < -0.3 is 14.8 Å². The van der Waals surface area contributed by atoms with Crippen molar-refractivity contribution >= 4 is 11.7 Å². The zero-order valence-corrected chi connectivity index (χ0v) is 16.5. The SMILES string of the molecule is Cc1c(C(=O)N(C)C2C[C@H]3CC(N(C)C)C[C@H]3C2)[nH]c2c1C(=O)CCC2. The molecule has 5 nitrogen and oxygen atoms in total. The highest BCUT2D eigenvalue weighted by molar-refractivity contribution is 6.04. The summed E-state index contributed by atoms with van der Waals surface area (Å²) in [6, 6.07) is 1.03. The Labute approximate surface area is 156 Å². The molecule has 0 bridgehead atoms. The molecule has 0 radical (unpaired) electrons. The molecule has 3 aliphatic rings. The lowest BCUT2D eigenvalue weighted by molar-refractivity contribution is 0.0720. The fraction of sp³-hybridized carbons (Fsp3) is 0.714. The van der Waals surface area contributed by atoms with E-state index in [2.05, 4.69) is 24.0 Å². The molecule has 5 heteroatoms. The Morgan fingerprint density at radius 1 is 1.00 bits per heavy atom. The average molecular weight is 357 g/mol. The fourth-order valence-corrected chi connectivity index (χ4v) is 5.62. The number of amides is 1. The number of rotatable bonds is 3. The predicted octanol–water partition coefficient (Wildman–Crippen LogP) is 3.03. The first-order chi connectivity index (χ1) is 12.4. The lowest BCUT2D eigenvalue weighted by Gasteiger charge is -2.27. The first-order valence-electron chi connectivity index (χ1n) is 10.0. The van der Waals surface area contributed by atoms with Crippen LogP contribution in [0.3, 0.4) is 0 Å². The molecule has 1 N–H and O–H groups in total. The molecule has 4 rings (SSSR count). The van der Waals surface area contributed by atoms with Crippen molar-refractivity contribution in [3.63, 3.8) is 0 Å². The highest BCUT2D eigenvalue weighted by Gasteiger charge is 2.44. The minimum Gasteiger partial charge on any atom is -0.354 e. The third-order valence-electron chi connectivity index (χ3n) is 7.22. The molecule has 1 amide bonds. The van der Waals surface area contributed by atoms with E-state index in [-0.39, 0.29) is 11.7 Å². The fourth-order valence-electron chi connectivity index (χ4n) is 5.62. The maximum absolute atomic E-state index is 13.1. The van der Waals surface area contributed by atoms with E-state index in [0.717, 1.165) is 54.3 Å². The number of ketones is 1. The van der Waals surface area contributed by atoms with Gasteiger partial charge in [0.25, 0.3) is 5.91 Å². The van der Waals surface area contributed by atoms with E-state index in [0.29, 0.717) is 24.2 Å². The summed E-state index contributed by atoms with van der Waals surface area (Å²) in [5.74, 6) is 1.75. The van der Waals surface area contributed by atoms with Gasteiger partial charge in [0.1, 0.15) is 5.69 Å². The molecule has 0 spiro atoms. The summed E-state index contributed by atoms with van der Waals surface area (Å²) in [6.45, 7) is 1.92. The molecule has 142 valence electrons. The Morgan fingerprint density at radius 3 is 2.19 bits per heavy atom. The zero-order chi connectivity index (χ0) is 18.6. The van der Waals surface area contributed by atoms with Gasteiger partial charge in [-0.05, 0) is 76.9 Å². The van der Waals surface area contributed by atoms with Gasteiger partial charge in [-0.25, -0.2) is 0 Å². The van der Waals surface area contributed by atoms with Crippen molar-refractivity contribution in [2.45, 2.75) is 64.0 Å². The van der Waals surface area contributed by atoms with Crippen LogP contribution in [0, 0.1) is 18.8 Å². The Morgan fingerprint density at radius 2 is 1.62 bits per heavy atom. The van der Waals surface area contributed by atoms with Crippen molar-refractivity contribution in [3.05, 3.63) is 22.5 Å². The van der Waals surface area contributed by atoms with Crippen LogP contribution in [0.2, 0.25) is 0 Å². The number of aryl methyl sites for hydroxylation is 1. The first kappa shape index (κ1) is 17.8. The van der Waals surface area contributed by atoms with Crippen molar-refractivity contribution in [1.82, 2.24) is 14.8 Å². The van der Waals surface area contributed by atoms with Gasteiger partial charge in [-0.15, -0.1) is 0 Å². The molecule has 0 saturated heterocycles. The van der Waals surface area contributed by atoms with Crippen LogP contribution in [0.15, 0.2) is 0 Å². The Kier molecular flexibility index (Phi) is 4.46. The molecular weight excluding hydrogens is 326 g/mol. The summed E-state index contributed by atoms with van der Waals surface area (Å²) in [7, 11) is 6.30. The lowest BCUT2D eigenvalue weighted by Crippen LogP contribution is -2.37. The first-order valence-corrected chi connectivity index (χ1v) is 10.0. The van der Waals surface area contributed by atoms with E-state index in [4.69, 9.17) is 0 Å². The van der Waals surface area contributed by atoms with Crippen molar-refractivity contribution in [2.24, 2.45) is 11.8 Å². The average Bonchev–Trinajstić information content (AvgIpc) is 3.25. The molecule has 1 aromatic heterocycles. The zero-order valence-electron chi connectivity index (χ0n) is 16.5. The number of H-pyrrole nitrogens is 1. The van der Waals surface area contributed by atoms with Crippen LogP contribution in [-0.4, -0.2) is 59.7 Å². The number of carbonyl (C=O) groups excluding carboxylic acids is 2. The van der Waals surface area contributed by atoms with Crippen LogP contribution in [0.5, 0.6) is 0 Å². The number of hydrogen-bond acceptors (Lipinski definition) is 3. The second-order valence-corrected chi connectivity index (χ2v) is 8.91. The minimum absolute atomic E-state index is 0.0545. The van der Waals surface area contributed by atoms with Crippen LogP contribution in [0.25, 0.3) is 0 Å². The lowest BCUT2D eigenvalue weighted by atomic mass is 9.93. The highest BCUT2D eigenvalue weighted by Crippen LogP contribution is 2.46. The van der Waals surface area contributed by atoms with E-state index in [1.165, 1.54) is 12.8 Å². The normalized spacial score (nSPS) is 30.6. The Bertz CT molecular complexity index is 722. The molecule has 0 aromatic carbocycles. The predicted molar refractivity (Wildman–Crippen MR) is 102 cm³/mol. The summed E-state index contributed by atoms with van der Waals surface area (Å²) in [5, 5.41) is 0. The molecular formula is C21H31N3O2. The number of nitrogens with one attached hydrogen (secondary N) is 1. The van der Waals surface area contributed by atoms with E-state index < -0.39 is 0 Å². The quantitative estimate of drug-likeness (QED) is 0.905. The van der Waals surface area contributed by atoms with Gasteiger partial charge in [-0.1, -0.05) is 0 Å². The summed E-state index contributed by atoms with van der Waals surface area (Å²) in [5.41, 5.74) is 3.24. The van der Waals surface area contributed by atoms with Crippen molar-refractivity contribution in [3.8, 4) is 0 Å². The molecule has 1 aromatic rings. The number of nitrogens with zero attached hydrogens (tertiary/aromatic N) is 2. The third-order valence-corrected chi connectivity index (χ3v) is 7.22. The van der Waals surface area contributed by atoms with Crippen molar-refractivity contribution < 1.29 is 9.59 Å². The van der Waals surface area contributed by atoms with Gasteiger partial charge in [-0.2, -0.15) is 0 Å². The number of fused-ring (bicyclic) bond motifs is 2. The summed E-state index contributed by atoms with van der Waals surface area (Å²) < 4.78 is 0. The van der Waals surface area contributed by atoms with E-state index >= 15 is 0 Å².